The number of methoxy groups -OCH3 is 1. The number of rotatable bonds is 5. The van der Waals surface area contributed by atoms with Crippen molar-refractivity contribution in [2.24, 2.45) is 0 Å². The number of nitrogens with one attached hydrogen (secondary N) is 1. The third-order valence-corrected chi connectivity index (χ3v) is 2.68. The number of hydrogen-bond donors (Lipinski definition) is 2. The standard InChI is InChI=1S/C13H11N3O5/c1-21-11-7-8(4-5-9(11)13(17)18)15-12-10(16(19)20)3-2-6-14-12/h2-7H,1H3,(H,14,15)(H,17,18). The molecule has 0 spiro atoms. The number of carboxylic acids is 1. The summed E-state index contributed by atoms with van der Waals surface area (Å²) in [6, 6.07) is 7.03. The van der Waals surface area contributed by atoms with Gasteiger partial charge in [0.1, 0.15) is 11.3 Å². The highest BCUT2D eigenvalue weighted by molar-refractivity contribution is 5.91. The van der Waals surface area contributed by atoms with Crippen molar-refractivity contribution in [3.8, 4) is 5.75 Å². The molecule has 2 rings (SSSR count). The fraction of sp³-hybridized carbons (Fsp3) is 0.0769. The molecule has 2 aromatic rings. The number of nitrogens with zero attached hydrogens (tertiary/aromatic N) is 2. The molecule has 2 N–H and O–H groups in total. The molecule has 1 aromatic carbocycles. The first-order valence-electron chi connectivity index (χ1n) is 5.80. The average molecular weight is 289 g/mol. The lowest BCUT2D eigenvalue weighted by atomic mass is 10.2. The average Bonchev–Trinajstić information content (AvgIpc) is 2.47. The molecular formula is C13H11N3O5. The Morgan fingerprint density at radius 1 is 1.43 bits per heavy atom. The molecule has 0 saturated carbocycles. The zero-order valence-corrected chi connectivity index (χ0v) is 10.9. The second-order valence-electron chi connectivity index (χ2n) is 3.97. The highest BCUT2D eigenvalue weighted by Gasteiger charge is 2.16. The van der Waals surface area contributed by atoms with Gasteiger partial charge in [-0.15, -0.1) is 0 Å². The molecule has 0 unspecified atom stereocenters. The van der Waals surface area contributed by atoms with Gasteiger partial charge in [-0.1, -0.05) is 0 Å². The van der Waals surface area contributed by atoms with E-state index in [1.165, 1.54) is 43.6 Å². The molecule has 21 heavy (non-hydrogen) atoms. The van der Waals surface area contributed by atoms with Crippen molar-refractivity contribution in [1.29, 1.82) is 0 Å². The largest absolute Gasteiger partial charge is 0.496 e. The molecule has 108 valence electrons. The summed E-state index contributed by atoms with van der Waals surface area (Å²) >= 11 is 0. The number of benzene rings is 1. The number of pyridine rings is 1. The van der Waals surface area contributed by atoms with E-state index in [4.69, 9.17) is 9.84 Å². The fourth-order valence-electron chi connectivity index (χ4n) is 1.72. The van der Waals surface area contributed by atoms with Gasteiger partial charge in [-0.05, 0) is 18.2 Å². The van der Waals surface area contributed by atoms with Crippen LogP contribution >= 0.6 is 0 Å². The first-order valence-corrected chi connectivity index (χ1v) is 5.80. The molecular weight excluding hydrogens is 278 g/mol. The van der Waals surface area contributed by atoms with E-state index < -0.39 is 10.9 Å². The summed E-state index contributed by atoms with van der Waals surface area (Å²) in [4.78, 5) is 25.2. The summed E-state index contributed by atoms with van der Waals surface area (Å²) in [5, 5.41) is 22.7. The monoisotopic (exact) mass is 289 g/mol. The summed E-state index contributed by atoms with van der Waals surface area (Å²) in [5.41, 5.74) is 0.246. The van der Waals surface area contributed by atoms with E-state index in [1.54, 1.807) is 0 Å². The molecule has 0 aliphatic heterocycles. The molecule has 0 fully saturated rings. The first-order chi connectivity index (χ1) is 10.0. The van der Waals surface area contributed by atoms with Gasteiger partial charge in [0.15, 0.2) is 0 Å². The molecule has 8 nitrogen and oxygen atoms in total. The number of ether oxygens (including phenoxy) is 1. The fourth-order valence-corrected chi connectivity index (χ4v) is 1.72. The normalized spacial score (nSPS) is 9.95. The van der Waals surface area contributed by atoms with Crippen molar-refractivity contribution in [3.05, 3.63) is 52.2 Å². The topological polar surface area (TPSA) is 115 Å². The number of nitro groups is 1. The maximum atomic E-state index is 11.0. The van der Waals surface area contributed by atoms with Crippen molar-refractivity contribution in [2.75, 3.05) is 12.4 Å². The van der Waals surface area contributed by atoms with Gasteiger partial charge >= 0.3 is 11.7 Å². The summed E-state index contributed by atoms with van der Waals surface area (Å²) in [6.07, 6.45) is 1.41. The number of anilines is 2. The Morgan fingerprint density at radius 2 is 2.19 bits per heavy atom. The van der Waals surface area contributed by atoms with Crippen LogP contribution in [-0.4, -0.2) is 28.1 Å². The van der Waals surface area contributed by atoms with E-state index in [0.717, 1.165) is 0 Å². The van der Waals surface area contributed by atoms with Crippen molar-refractivity contribution in [1.82, 2.24) is 4.98 Å². The highest BCUT2D eigenvalue weighted by Crippen LogP contribution is 2.28. The van der Waals surface area contributed by atoms with Gasteiger partial charge in [-0.2, -0.15) is 0 Å². The number of carbonyl (C=O) groups is 1. The van der Waals surface area contributed by atoms with Crippen LogP contribution in [0, 0.1) is 10.1 Å². The Balaban J connectivity index is 2.37. The molecule has 0 amide bonds. The lowest BCUT2D eigenvalue weighted by Crippen LogP contribution is -2.03. The van der Waals surface area contributed by atoms with Crippen LogP contribution in [-0.2, 0) is 0 Å². The van der Waals surface area contributed by atoms with E-state index in [9.17, 15) is 14.9 Å². The van der Waals surface area contributed by atoms with E-state index in [1.807, 2.05) is 0 Å². The van der Waals surface area contributed by atoms with Crippen LogP contribution in [0.3, 0.4) is 0 Å². The summed E-state index contributed by atoms with van der Waals surface area (Å²) in [7, 11) is 1.34. The van der Waals surface area contributed by atoms with Crippen LogP contribution in [0.4, 0.5) is 17.2 Å². The van der Waals surface area contributed by atoms with Gasteiger partial charge in [-0.25, -0.2) is 9.78 Å². The van der Waals surface area contributed by atoms with E-state index >= 15 is 0 Å². The number of hydrogen-bond acceptors (Lipinski definition) is 6. The Labute approximate surface area is 119 Å². The lowest BCUT2D eigenvalue weighted by Gasteiger charge is -2.09. The predicted octanol–water partition coefficient (Wildman–Crippen LogP) is 2.44. The van der Waals surface area contributed by atoms with Gasteiger partial charge in [0.25, 0.3) is 0 Å². The zero-order chi connectivity index (χ0) is 15.4. The van der Waals surface area contributed by atoms with Crippen molar-refractivity contribution >= 4 is 23.2 Å². The maximum Gasteiger partial charge on any atom is 0.339 e. The summed E-state index contributed by atoms with van der Waals surface area (Å²) < 4.78 is 4.99. The Kier molecular flexibility index (Phi) is 3.98. The van der Waals surface area contributed by atoms with Crippen LogP contribution in [0.25, 0.3) is 0 Å². The molecule has 0 saturated heterocycles. The van der Waals surface area contributed by atoms with E-state index in [2.05, 4.69) is 10.3 Å². The summed E-state index contributed by atoms with van der Waals surface area (Å²) in [5.74, 6) is -0.916. The Hall–Kier alpha value is -3.16. The van der Waals surface area contributed by atoms with Crippen molar-refractivity contribution < 1.29 is 19.6 Å². The van der Waals surface area contributed by atoms with Gasteiger partial charge in [0, 0.05) is 24.0 Å². The van der Waals surface area contributed by atoms with Crippen LogP contribution < -0.4 is 10.1 Å². The van der Waals surface area contributed by atoms with Gasteiger partial charge in [0.05, 0.1) is 12.0 Å². The predicted molar refractivity (Wildman–Crippen MR) is 74.1 cm³/mol. The second kappa shape index (κ2) is 5.87. The SMILES string of the molecule is COc1cc(Nc2ncccc2[N+](=O)[O-])ccc1C(=O)O. The molecule has 0 atom stereocenters. The minimum atomic E-state index is -1.12. The number of carboxylic acid groups (broad SMARTS) is 1. The van der Waals surface area contributed by atoms with Crippen molar-refractivity contribution in [2.45, 2.75) is 0 Å². The van der Waals surface area contributed by atoms with Crippen LogP contribution in [0.1, 0.15) is 10.4 Å². The lowest BCUT2D eigenvalue weighted by molar-refractivity contribution is -0.384. The first kappa shape index (κ1) is 14.3. The molecule has 0 bridgehead atoms. The Morgan fingerprint density at radius 3 is 2.81 bits per heavy atom. The maximum absolute atomic E-state index is 11.0. The molecule has 0 radical (unpaired) electrons. The van der Waals surface area contributed by atoms with E-state index in [-0.39, 0.29) is 22.8 Å². The molecule has 8 heteroatoms. The highest BCUT2D eigenvalue weighted by atomic mass is 16.6. The smallest absolute Gasteiger partial charge is 0.339 e. The molecule has 1 heterocycles. The second-order valence-corrected chi connectivity index (χ2v) is 3.97. The van der Waals surface area contributed by atoms with Crippen LogP contribution in [0.5, 0.6) is 5.75 Å². The number of aromatic carboxylic acids is 1. The minimum Gasteiger partial charge on any atom is -0.496 e. The third kappa shape index (κ3) is 3.06. The molecule has 0 aliphatic carbocycles. The number of aromatic nitrogens is 1. The van der Waals surface area contributed by atoms with Gasteiger partial charge in [0.2, 0.25) is 5.82 Å². The molecule has 1 aromatic heterocycles. The van der Waals surface area contributed by atoms with Crippen LogP contribution in [0.15, 0.2) is 36.5 Å². The Bertz CT molecular complexity index is 702. The van der Waals surface area contributed by atoms with Gasteiger partial charge < -0.3 is 15.2 Å². The van der Waals surface area contributed by atoms with Crippen LogP contribution in [0.2, 0.25) is 0 Å². The molecule has 0 aliphatic rings. The van der Waals surface area contributed by atoms with E-state index in [0.29, 0.717) is 5.69 Å². The quantitative estimate of drug-likeness (QED) is 0.641. The minimum absolute atomic E-state index is 0.00132. The zero-order valence-electron chi connectivity index (χ0n) is 10.9. The van der Waals surface area contributed by atoms with Gasteiger partial charge in [-0.3, -0.25) is 10.1 Å². The third-order valence-electron chi connectivity index (χ3n) is 2.68. The van der Waals surface area contributed by atoms with Crippen molar-refractivity contribution in [3.63, 3.8) is 0 Å². The summed E-state index contributed by atoms with van der Waals surface area (Å²) in [6.45, 7) is 0.